The zero-order valence-corrected chi connectivity index (χ0v) is 15.5. The zero-order valence-electron chi connectivity index (χ0n) is 15.5. The average Bonchev–Trinajstić information content (AvgIpc) is 3.11. The number of aromatic nitrogens is 2. The molecular formula is C18H28N6O2. The number of anilines is 1. The van der Waals surface area contributed by atoms with Crippen LogP contribution in [0, 0.1) is 5.92 Å². The van der Waals surface area contributed by atoms with E-state index in [0.29, 0.717) is 24.6 Å². The molecule has 1 aromatic rings. The van der Waals surface area contributed by atoms with Crippen molar-refractivity contribution in [3.8, 4) is 0 Å². The van der Waals surface area contributed by atoms with E-state index in [9.17, 15) is 4.79 Å². The molecule has 1 saturated carbocycles. The van der Waals surface area contributed by atoms with E-state index in [1.54, 1.807) is 13.4 Å². The third-order valence-corrected chi connectivity index (χ3v) is 6.05. The largest absolute Gasteiger partial charge is 0.381 e. The topological polar surface area (TPSA) is 82.6 Å². The predicted octanol–water partition coefficient (Wildman–Crippen LogP) is 0.478. The lowest BCUT2D eigenvalue weighted by Gasteiger charge is -2.35. The van der Waals surface area contributed by atoms with Crippen molar-refractivity contribution in [1.29, 1.82) is 0 Å². The molecule has 3 fully saturated rings. The number of amides is 1. The van der Waals surface area contributed by atoms with E-state index in [1.165, 1.54) is 0 Å². The second-order valence-corrected chi connectivity index (χ2v) is 7.40. The number of carbonyl (C=O) groups is 1. The fraction of sp³-hybridized carbons (Fsp3) is 0.722. The summed E-state index contributed by atoms with van der Waals surface area (Å²) in [6, 6.07) is 2.64. The second kappa shape index (κ2) is 7.46. The van der Waals surface area contributed by atoms with Gasteiger partial charge < -0.3 is 14.5 Å². The number of hydrazine groups is 1. The summed E-state index contributed by atoms with van der Waals surface area (Å²) in [5.74, 6) is 1.45. The molecule has 3 aliphatic rings. The molecule has 0 aromatic carbocycles. The second-order valence-electron chi connectivity index (χ2n) is 7.40. The van der Waals surface area contributed by atoms with Crippen molar-refractivity contribution >= 4 is 11.7 Å². The number of nitrogens with one attached hydrogen (secondary N) is 2. The quantitative estimate of drug-likeness (QED) is 0.808. The van der Waals surface area contributed by atoms with Gasteiger partial charge in [-0.3, -0.25) is 10.2 Å². The highest BCUT2D eigenvalue weighted by atomic mass is 16.5. The van der Waals surface area contributed by atoms with Crippen LogP contribution in [0.5, 0.6) is 0 Å². The number of fused-ring (bicyclic) bond motifs is 1. The van der Waals surface area contributed by atoms with Gasteiger partial charge in [-0.15, -0.1) is 0 Å². The van der Waals surface area contributed by atoms with Crippen molar-refractivity contribution in [2.24, 2.45) is 5.92 Å². The third-order valence-electron chi connectivity index (χ3n) is 6.05. The molecule has 142 valence electrons. The summed E-state index contributed by atoms with van der Waals surface area (Å²) in [4.78, 5) is 25.1. The van der Waals surface area contributed by atoms with Gasteiger partial charge in [0.15, 0.2) is 0 Å². The molecule has 0 spiro atoms. The van der Waals surface area contributed by atoms with Gasteiger partial charge in [0.05, 0.1) is 24.4 Å². The molecule has 0 radical (unpaired) electrons. The molecule has 26 heavy (non-hydrogen) atoms. The Labute approximate surface area is 154 Å². The van der Waals surface area contributed by atoms with Crippen molar-refractivity contribution < 1.29 is 9.53 Å². The number of carbonyl (C=O) groups excluding carboxylic acids is 1. The van der Waals surface area contributed by atoms with Crippen LogP contribution in [0.2, 0.25) is 0 Å². The Hall–Kier alpha value is -1.77. The number of methoxy groups -OCH3 is 1. The number of piperazine rings is 1. The van der Waals surface area contributed by atoms with Gasteiger partial charge >= 0.3 is 0 Å². The Balaban J connectivity index is 1.50. The monoisotopic (exact) mass is 360 g/mol. The molecule has 4 unspecified atom stereocenters. The van der Waals surface area contributed by atoms with Gasteiger partial charge in [0, 0.05) is 44.8 Å². The minimum atomic E-state index is 0.146. The van der Waals surface area contributed by atoms with Crippen LogP contribution in [-0.2, 0) is 9.53 Å². The maximum atomic E-state index is 12.2. The highest BCUT2D eigenvalue weighted by Gasteiger charge is 2.42. The third kappa shape index (κ3) is 3.28. The van der Waals surface area contributed by atoms with Crippen molar-refractivity contribution in [3.05, 3.63) is 18.1 Å². The number of nitrogens with zero attached hydrogens (tertiary/aromatic N) is 4. The average molecular weight is 360 g/mol. The maximum Gasteiger partial charge on any atom is 0.242 e. The Morgan fingerprint density at radius 2 is 2.15 bits per heavy atom. The summed E-state index contributed by atoms with van der Waals surface area (Å²) in [7, 11) is 1.80. The molecule has 8 nitrogen and oxygen atoms in total. The van der Waals surface area contributed by atoms with Gasteiger partial charge in [-0.1, -0.05) is 0 Å². The van der Waals surface area contributed by atoms with Crippen molar-refractivity contribution in [1.82, 2.24) is 25.7 Å². The molecule has 3 heterocycles. The van der Waals surface area contributed by atoms with E-state index in [2.05, 4.69) is 25.7 Å². The lowest BCUT2D eigenvalue weighted by atomic mass is 9.79. The summed E-state index contributed by atoms with van der Waals surface area (Å²) in [6.45, 7) is 4.73. The van der Waals surface area contributed by atoms with Gasteiger partial charge in [0.1, 0.15) is 12.1 Å². The zero-order chi connectivity index (χ0) is 18.1. The molecule has 2 aliphatic heterocycles. The lowest BCUT2D eigenvalue weighted by Crippen LogP contribution is -2.50. The molecule has 4 rings (SSSR count). The van der Waals surface area contributed by atoms with Crippen LogP contribution in [0.3, 0.4) is 0 Å². The molecule has 8 heteroatoms. The van der Waals surface area contributed by atoms with E-state index in [0.717, 1.165) is 50.4 Å². The Morgan fingerprint density at radius 3 is 2.92 bits per heavy atom. The van der Waals surface area contributed by atoms with Crippen LogP contribution in [0.25, 0.3) is 0 Å². The van der Waals surface area contributed by atoms with Gasteiger partial charge in [-0.2, -0.15) is 0 Å². The van der Waals surface area contributed by atoms with Crippen molar-refractivity contribution in [2.45, 2.75) is 44.4 Å². The summed E-state index contributed by atoms with van der Waals surface area (Å²) >= 11 is 0. The number of hydrogen-bond acceptors (Lipinski definition) is 7. The normalized spacial score (nSPS) is 32.0. The van der Waals surface area contributed by atoms with Crippen LogP contribution in [0.4, 0.5) is 5.82 Å². The molecule has 1 aliphatic carbocycles. The van der Waals surface area contributed by atoms with E-state index in [1.807, 2.05) is 17.9 Å². The Bertz CT molecular complexity index is 656. The van der Waals surface area contributed by atoms with E-state index >= 15 is 0 Å². The van der Waals surface area contributed by atoms with Crippen LogP contribution >= 0.6 is 0 Å². The maximum absolute atomic E-state index is 12.2. The summed E-state index contributed by atoms with van der Waals surface area (Å²) in [6.07, 6.45) is 5.17. The summed E-state index contributed by atoms with van der Waals surface area (Å²) in [5, 5.41) is 0. The Kier molecular flexibility index (Phi) is 5.06. The van der Waals surface area contributed by atoms with Crippen LogP contribution in [0.15, 0.2) is 12.4 Å². The first kappa shape index (κ1) is 17.6. The standard InChI is InChI=1S/C18H28N6O2/c1-3-23-6-7-24(10-17(23)25)16-9-15(19-11-20-16)18-13-8-12(26-2)4-5-14(13)21-22-18/h9,11-14,18,21-22H,3-8,10H2,1-2H3. The fourth-order valence-corrected chi connectivity index (χ4v) is 4.47. The molecule has 0 bridgehead atoms. The van der Waals surface area contributed by atoms with Crippen LogP contribution in [-0.4, -0.2) is 66.2 Å². The minimum absolute atomic E-state index is 0.146. The van der Waals surface area contributed by atoms with Gasteiger partial charge in [0.25, 0.3) is 0 Å². The van der Waals surface area contributed by atoms with Gasteiger partial charge in [-0.05, 0) is 26.2 Å². The number of rotatable bonds is 4. The lowest BCUT2D eigenvalue weighted by molar-refractivity contribution is -0.130. The SMILES string of the molecule is CCN1CCN(c2cc(C3NNC4CCC(OC)CC43)ncn2)CC1=O. The number of hydrogen-bond donors (Lipinski definition) is 2. The fourth-order valence-electron chi connectivity index (χ4n) is 4.47. The first-order valence-electron chi connectivity index (χ1n) is 9.58. The van der Waals surface area contributed by atoms with Crippen LogP contribution < -0.4 is 15.8 Å². The highest BCUT2D eigenvalue weighted by Crippen LogP contribution is 2.38. The Morgan fingerprint density at radius 1 is 1.27 bits per heavy atom. The van der Waals surface area contributed by atoms with E-state index in [-0.39, 0.29) is 11.9 Å². The number of likely N-dealkylation sites (N-methyl/N-ethyl adjacent to an activating group) is 1. The van der Waals surface area contributed by atoms with Crippen molar-refractivity contribution in [3.63, 3.8) is 0 Å². The number of ether oxygens (including phenoxy) is 1. The van der Waals surface area contributed by atoms with Gasteiger partial charge in [-0.25, -0.2) is 15.4 Å². The highest BCUT2D eigenvalue weighted by molar-refractivity contribution is 5.82. The minimum Gasteiger partial charge on any atom is -0.381 e. The predicted molar refractivity (Wildman–Crippen MR) is 97.4 cm³/mol. The molecule has 2 saturated heterocycles. The molecule has 2 N–H and O–H groups in total. The first-order valence-corrected chi connectivity index (χ1v) is 9.58. The molecular weight excluding hydrogens is 332 g/mol. The molecule has 1 aromatic heterocycles. The summed E-state index contributed by atoms with van der Waals surface area (Å²) in [5.41, 5.74) is 7.84. The smallest absolute Gasteiger partial charge is 0.242 e. The van der Waals surface area contributed by atoms with Crippen molar-refractivity contribution in [2.75, 3.05) is 38.2 Å². The van der Waals surface area contributed by atoms with Crippen LogP contribution in [0.1, 0.15) is 37.9 Å². The first-order chi connectivity index (χ1) is 12.7. The van der Waals surface area contributed by atoms with Gasteiger partial charge in [0.2, 0.25) is 5.91 Å². The molecule has 4 atom stereocenters. The molecule has 1 amide bonds. The van der Waals surface area contributed by atoms with E-state index < -0.39 is 0 Å². The summed E-state index contributed by atoms with van der Waals surface area (Å²) < 4.78 is 5.60. The van der Waals surface area contributed by atoms with E-state index in [4.69, 9.17) is 4.74 Å².